The van der Waals surface area contributed by atoms with E-state index in [1.54, 1.807) is 0 Å². The first-order valence-corrected chi connectivity index (χ1v) is 8.27. The zero-order valence-electron chi connectivity index (χ0n) is 14.7. The van der Waals surface area contributed by atoms with Gasteiger partial charge in [0.25, 0.3) is 5.91 Å². The molecule has 130 valence electrons. The van der Waals surface area contributed by atoms with Gasteiger partial charge in [0.05, 0.1) is 5.69 Å². The summed E-state index contributed by atoms with van der Waals surface area (Å²) >= 11 is 0. The quantitative estimate of drug-likeness (QED) is 0.934. The van der Waals surface area contributed by atoms with Crippen LogP contribution in [0.5, 0.6) is 5.75 Å². The Labute approximate surface area is 147 Å². The van der Waals surface area contributed by atoms with Crippen LogP contribution in [-0.2, 0) is 15.0 Å². The molecule has 3 rings (SSSR count). The number of para-hydroxylation sites is 1. The van der Waals surface area contributed by atoms with Crippen molar-refractivity contribution in [1.29, 1.82) is 0 Å². The van der Waals surface area contributed by atoms with Crippen LogP contribution >= 0.6 is 0 Å². The van der Waals surface area contributed by atoms with Gasteiger partial charge in [-0.25, -0.2) is 0 Å². The van der Waals surface area contributed by atoms with E-state index in [2.05, 4.69) is 26.1 Å². The highest BCUT2D eigenvalue weighted by atomic mass is 16.5. The van der Waals surface area contributed by atoms with Crippen molar-refractivity contribution in [2.45, 2.75) is 26.2 Å². The van der Waals surface area contributed by atoms with E-state index in [4.69, 9.17) is 4.74 Å². The highest BCUT2D eigenvalue weighted by Gasteiger charge is 2.28. The monoisotopic (exact) mass is 338 g/mol. The van der Waals surface area contributed by atoms with Gasteiger partial charge < -0.3 is 10.1 Å². The molecule has 0 atom stereocenters. The average Bonchev–Trinajstić information content (AvgIpc) is 2.57. The lowest BCUT2D eigenvalue weighted by molar-refractivity contribution is -0.123. The van der Waals surface area contributed by atoms with Gasteiger partial charge in [-0.3, -0.25) is 14.5 Å². The third-order valence-electron chi connectivity index (χ3n) is 4.13. The minimum absolute atomic E-state index is 0.0185. The predicted octanol–water partition coefficient (Wildman–Crippen LogP) is 3.35. The van der Waals surface area contributed by atoms with Gasteiger partial charge in [0, 0.05) is 5.69 Å². The fourth-order valence-electron chi connectivity index (χ4n) is 2.71. The third-order valence-corrected chi connectivity index (χ3v) is 4.13. The molecule has 1 aliphatic rings. The van der Waals surface area contributed by atoms with Crippen molar-refractivity contribution in [2.24, 2.45) is 0 Å². The van der Waals surface area contributed by atoms with Crippen molar-refractivity contribution in [2.75, 3.05) is 23.4 Å². The highest BCUT2D eigenvalue weighted by Crippen LogP contribution is 2.36. The van der Waals surface area contributed by atoms with E-state index in [0.717, 1.165) is 5.56 Å². The standard InChI is InChI=1S/C20H22N2O3/c1-20(2,3)14-9-10-16-17(11-14)25-13-19(24)22(16)12-18(23)21-15-7-5-4-6-8-15/h4-11H,12-13H2,1-3H3,(H,21,23). The van der Waals surface area contributed by atoms with Crippen LogP contribution in [0.1, 0.15) is 26.3 Å². The second-order valence-electron chi connectivity index (χ2n) is 7.12. The molecule has 2 aromatic carbocycles. The smallest absolute Gasteiger partial charge is 0.265 e. The molecule has 1 aliphatic heterocycles. The normalized spacial score (nSPS) is 13.9. The Bertz CT molecular complexity index is 794. The topological polar surface area (TPSA) is 58.6 Å². The van der Waals surface area contributed by atoms with E-state index >= 15 is 0 Å². The SMILES string of the molecule is CC(C)(C)c1ccc2c(c1)OCC(=O)N2CC(=O)Nc1ccccc1. The summed E-state index contributed by atoms with van der Waals surface area (Å²) in [5.74, 6) is 0.172. The Morgan fingerprint density at radius 3 is 2.56 bits per heavy atom. The van der Waals surface area contributed by atoms with Crippen LogP contribution in [-0.4, -0.2) is 25.0 Å². The molecule has 0 bridgehead atoms. The lowest BCUT2D eigenvalue weighted by Gasteiger charge is -2.30. The van der Waals surface area contributed by atoms with Crippen LogP contribution in [0.25, 0.3) is 0 Å². The van der Waals surface area contributed by atoms with Gasteiger partial charge >= 0.3 is 0 Å². The van der Waals surface area contributed by atoms with E-state index in [0.29, 0.717) is 17.1 Å². The van der Waals surface area contributed by atoms with Gasteiger partial charge in [0.2, 0.25) is 5.91 Å². The first kappa shape index (κ1) is 17.0. The van der Waals surface area contributed by atoms with Crippen LogP contribution < -0.4 is 15.0 Å². The van der Waals surface area contributed by atoms with Crippen molar-refractivity contribution in [3.05, 3.63) is 54.1 Å². The molecular formula is C20H22N2O3. The number of ether oxygens (including phenoxy) is 1. The van der Waals surface area contributed by atoms with Gasteiger partial charge in [-0.15, -0.1) is 0 Å². The van der Waals surface area contributed by atoms with Crippen LogP contribution in [0.4, 0.5) is 11.4 Å². The number of rotatable bonds is 3. The molecule has 0 spiro atoms. The number of anilines is 2. The molecule has 0 unspecified atom stereocenters. The van der Waals surface area contributed by atoms with Gasteiger partial charge in [-0.2, -0.15) is 0 Å². The Hall–Kier alpha value is -2.82. The number of amides is 2. The third kappa shape index (κ3) is 3.82. The molecule has 0 aromatic heterocycles. The first-order chi connectivity index (χ1) is 11.8. The molecule has 5 heteroatoms. The van der Waals surface area contributed by atoms with Crippen molar-refractivity contribution in [3.63, 3.8) is 0 Å². The zero-order valence-corrected chi connectivity index (χ0v) is 14.7. The van der Waals surface area contributed by atoms with Crippen molar-refractivity contribution >= 4 is 23.2 Å². The lowest BCUT2D eigenvalue weighted by atomic mass is 9.86. The number of nitrogens with one attached hydrogen (secondary N) is 1. The fourth-order valence-corrected chi connectivity index (χ4v) is 2.71. The summed E-state index contributed by atoms with van der Waals surface area (Å²) in [7, 11) is 0. The summed E-state index contributed by atoms with van der Waals surface area (Å²) in [6.07, 6.45) is 0. The Morgan fingerprint density at radius 2 is 1.88 bits per heavy atom. The number of carbonyl (C=O) groups is 2. The Morgan fingerprint density at radius 1 is 1.16 bits per heavy atom. The number of hydrogen-bond acceptors (Lipinski definition) is 3. The molecular weight excluding hydrogens is 316 g/mol. The molecule has 2 aromatic rings. The van der Waals surface area contributed by atoms with E-state index in [1.165, 1.54) is 4.90 Å². The maximum atomic E-state index is 12.3. The van der Waals surface area contributed by atoms with Gasteiger partial charge in [0.15, 0.2) is 6.61 Å². The second kappa shape index (κ2) is 6.59. The molecule has 0 saturated heterocycles. The first-order valence-electron chi connectivity index (χ1n) is 8.27. The summed E-state index contributed by atoms with van der Waals surface area (Å²) < 4.78 is 5.58. The average molecular weight is 338 g/mol. The van der Waals surface area contributed by atoms with Crippen LogP contribution in [0.2, 0.25) is 0 Å². The minimum Gasteiger partial charge on any atom is -0.482 e. The van der Waals surface area contributed by atoms with Crippen molar-refractivity contribution in [3.8, 4) is 5.75 Å². The van der Waals surface area contributed by atoms with Crippen molar-refractivity contribution in [1.82, 2.24) is 0 Å². The molecule has 5 nitrogen and oxygen atoms in total. The summed E-state index contributed by atoms with van der Waals surface area (Å²) in [5, 5.41) is 2.80. The number of hydrogen-bond donors (Lipinski definition) is 1. The molecule has 1 heterocycles. The van der Waals surface area contributed by atoms with Crippen LogP contribution in [0.3, 0.4) is 0 Å². The summed E-state index contributed by atoms with van der Waals surface area (Å²) in [6, 6.07) is 15.0. The second-order valence-corrected chi connectivity index (χ2v) is 7.12. The molecule has 25 heavy (non-hydrogen) atoms. The molecule has 0 aliphatic carbocycles. The zero-order chi connectivity index (χ0) is 18.0. The largest absolute Gasteiger partial charge is 0.482 e. The molecule has 0 saturated carbocycles. The number of benzene rings is 2. The number of nitrogens with zero attached hydrogens (tertiary/aromatic N) is 1. The predicted molar refractivity (Wildman–Crippen MR) is 98.1 cm³/mol. The maximum Gasteiger partial charge on any atom is 0.265 e. The van der Waals surface area contributed by atoms with Crippen molar-refractivity contribution < 1.29 is 14.3 Å². The minimum atomic E-state index is -0.243. The number of carbonyl (C=O) groups excluding carboxylic acids is 2. The van der Waals surface area contributed by atoms with Crippen LogP contribution in [0, 0.1) is 0 Å². The fraction of sp³-hybridized carbons (Fsp3) is 0.300. The summed E-state index contributed by atoms with van der Waals surface area (Å²) in [4.78, 5) is 26.0. The Kier molecular flexibility index (Phi) is 4.49. The van der Waals surface area contributed by atoms with E-state index in [9.17, 15) is 9.59 Å². The number of fused-ring (bicyclic) bond motifs is 1. The maximum absolute atomic E-state index is 12.3. The van der Waals surface area contributed by atoms with Gasteiger partial charge in [0.1, 0.15) is 12.3 Å². The van der Waals surface area contributed by atoms with E-state index in [-0.39, 0.29) is 30.4 Å². The van der Waals surface area contributed by atoms with E-state index in [1.807, 2.05) is 48.5 Å². The van der Waals surface area contributed by atoms with Gasteiger partial charge in [-0.05, 0) is 35.2 Å². The van der Waals surface area contributed by atoms with Gasteiger partial charge in [-0.1, -0.05) is 45.0 Å². The Balaban J connectivity index is 1.80. The lowest BCUT2D eigenvalue weighted by Crippen LogP contribution is -2.43. The highest BCUT2D eigenvalue weighted by molar-refractivity contribution is 6.05. The summed E-state index contributed by atoms with van der Waals surface area (Å²) in [5.41, 5.74) is 2.44. The van der Waals surface area contributed by atoms with Crippen LogP contribution in [0.15, 0.2) is 48.5 Å². The summed E-state index contributed by atoms with van der Waals surface area (Å²) in [6.45, 7) is 6.26. The van der Waals surface area contributed by atoms with E-state index < -0.39 is 0 Å². The molecule has 1 N–H and O–H groups in total. The molecule has 0 fully saturated rings. The molecule has 2 amide bonds. The molecule has 0 radical (unpaired) electrons.